The molecule has 1 aromatic carbocycles. The summed E-state index contributed by atoms with van der Waals surface area (Å²) in [4.78, 5) is 11.5. The van der Waals surface area contributed by atoms with Crippen molar-refractivity contribution in [3.8, 4) is 0 Å². The predicted octanol–water partition coefficient (Wildman–Crippen LogP) is 5.26. The van der Waals surface area contributed by atoms with Crippen molar-refractivity contribution in [3.63, 3.8) is 0 Å². The summed E-state index contributed by atoms with van der Waals surface area (Å²) in [5.41, 5.74) is 1.60. The topological polar surface area (TPSA) is 79.1 Å². The van der Waals surface area contributed by atoms with Gasteiger partial charge in [0.15, 0.2) is 5.15 Å². The zero-order valence-corrected chi connectivity index (χ0v) is 20.6. The number of aliphatic hydroxyl groups is 1. The van der Waals surface area contributed by atoms with Gasteiger partial charge in [0.2, 0.25) is 5.95 Å². The molecule has 3 aromatic rings. The van der Waals surface area contributed by atoms with Crippen LogP contribution in [0.1, 0.15) is 51.6 Å². The molecule has 4 rings (SSSR count). The lowest BCUT2D eigenvalue weighted by Gasteiger charge is -2.35. The molecular formula is C23H30Cl2N6O. The Morgan fingerprint density at radius 2 is 2.00 bits per heavy atom. The van der Waals surface area contributed by atoms with Gasteiger partial charge in [-0.25, -0.2) is 14.6 Å². The van der Waals surface area contributed by atoms with Crippen molar-refractivity contribution >= 4 is 45.7 Å². The van der Waals surface area contributed by atoms with Crippen LogP contribution in [0.5, 0.6) is 0 Å². The Labute approximate surface area is 198 Å². The van der Waals surface area contributed by atoms with E-state index in [1.54, 1.807) is 30.9 Å². The Bertz CT molecular complexity index is 1130. The molecule has 1 aliphatic heterocycles. The highest BCUT2D eigenvalue weighted by atomic mass is 35.5. The minimum absolute atomic E-state index is 0.302. The maximum absolute atomic E-state index is 10.3. The molecule has 2 N–H and O–H groups in total. The zero-order chi connectivity index (χ0) is 23.2. The lowest BCUT2D eigenvalue weighted by Crippen LogP contribution is -2.35. The van der Waals surface area contributed by atoms with Crippen molar-refractivity contribution < 1.29 is 5.11 Å². The van der Waals surface area contributed by atoms with Crippen molar-refractivity contribution in [2.24, 2.45) is 5.92 Å². The van der Waals surface area contributed by atoms with Gasteiger partial charge in [0.25, 0.3) is 0 Å². The second kappa shape index (κ2) is 8.78. The smallest absolute Gasteiger partial charge is 0.227 e. The van der Waals surface area contributed by atoms with E-state index in [0.29, 0.717) is 28.6 Å². The Hall–Kier alpha value is -1.93. The number of aromatic nitrogens is 4. The van der Waals surface area contributed by atoms with Crippen LogP contribution in [-0.2, 0) is 0 Å². The van der Waals surface area contributed by atoms with Gasteiger partial charge in [-0.15, -0.1) is 0 Å². The van der Waals surface area contributed by atoms with E-state index in [1.807, 2.05) is 13.0 Å². The molecule has 1 fully saturated rings. The molecule has 0 spiro atoms. The van der Waals surface area contributed by atoms with Crippen LogP contribution in [0.15, 0.2) is 24.5 Å². The molecule has 7 nitrogen and oxygen atoms in total. The number of benzene rings is 1. The van der Waals surface area contributed by atoms with Crippen molar-refractivity contribution in [1.82, 2.24) is 24.6 Å². The molecule has 0 bridgehead atoms. The summed E-state index contributed by atoms with van der Waals surface area (Å²) in [5.74, 6) is 1.36. The average Bonchev–Trinajstić information content (AvgIpc) is 3.07. The molecule has 0 aliphatic carbocycles. The van der Waals surface area contributed by atoms with Gasteiger partial charge < -0.3 is 15.3 Å². The van der Waals surface area contributed by atoms with Gasteiger partial charge in [0.1, 0.15) is 0 Å². The molecule has 0 radical (unpaired) electrons. The van der Waals surface area contributed by atoms with E-state index in [-0.39, 0.29) is 6.04 Å². The van der Waals surface area contributed by atoms with E-state index < -0.39 is 5.60 Å². The summed E-state index contributed by atoms with van der Waals surface area (Å²) in [6.45, 7) is 9.71. The summed E-state index contributed by atoms with van der Waals surface area (Å²) >= 11 is 13.2. The second-order valence-electron chi connectivity index (χ2n) is 9.51. The minimum atomic E-state index is -0.965. The van der Waals surface area contributed by atoms with E-state index >= 15 is 0 Å². The number of halogens is 2. The Kier molecular flexibility index (Phi) is 6.38. The summed E-state index contributed by atoms with van der Waals surface area (Å²) in [6, 6.07) is 3.75. The first kappa shape index (κ1) is 23.2. The molecule has 3 heterocycles. The molecule has 9 heteroatoms. The number of piperidine rings is 1. The van der Waals surface area contributed by atoms with E-state index in [2.05, 4.69) is 40.3 Å². The minimum Gasteiger partial charge on any atom is -0.388 e. The number of nitrogens with one attached hydrogen (secondary N) is 1. The second-order valence-corrected chi connectivity index (χ2v) is 10.3. The third-order valence-electron chi connectivity index (χ3n) is 6.58. The first-order valence-electron chi connectivity index (χ1n) is 10.9. The molecule has 172 valence electrons. The quantitative estimate of drug-likeness (QED) is 0.522. The number of hydrogen-bond donors (Lipinski definition) is 2. The number of likely N-dealkylation sites (tertiary alicyclic amines) is 1. The molecule has 32 heavy (non-hydrogen) atoms. The van der Waals surface area contributed by atoms with E-state index in [4.69, 9.17) is 28.2 Å². The third-order valence-corrected chi connectivity index (χ3v) is 7.28. The SMILES string of the molecule is CC1CN(C)CCC1c1cc2nc(Nc3cnn(C(C)C(C)(C)O)c3Cl)ncc2cc1Cl. The molecule has 0 saturated carbocycles. The standard InChI is InChI=1S/C23H30Cl2N6O/c1-13-12-30(5)7-6-16(13)17-9-19-15(8-18(17)24)10-26-22(28-19)29-20-11-27-31(21(20)25)14(2)23(3,4)32/h8-11,13-14,16,32H,6-7,12H2,1-5H3,(H,26,28,29). The maximum atomic E-state index is 10.3. The van der Waals surface area contributed by atoms with Gasteiger partial charge in [-0.1, -0.05) is 30.1 Å². The summed E-state index contributed by atoms with van der Waals surface area (Å²) < 4.78 is 1.59. The van der Waals surface area contributed by atoms with Crippen molar-refractivity contribution in [1.29, 1.82) is 0 Å². The number of fused-ring (bicyclic) bond motifs is 1. The van der Waals surface area contributed by atoms with Crippen LogP contribution in [0.3, 0.4) is 0 Å². The fraction of sp³-hybridized carbons (Fsp3) is 0.522. The highest BCUT2D eigenvalue weighted by Crippen LogP contribution is 2.38. The molecule has 3 atom stereocenters. The van der Waals surface area contributed by atoms with Crippen LogP contribution in [-0.4, -0.2) is 55.5 Å². The number of nitrogens with zero attached hydrogens (tertiary/aromatic N) is 5. The van der Waals surface area contributed by atoms with Crippen molar-refractivity contribution in [2.75, 3.05) is 25.5 Å². The van der Waals surface area contributed by atoms with Gasteiger partial charge in [0.05, 0.1) is 29.0 Å². The number of rotatable bonds is 5. The number of anilines is 2. The molecule has 0 amide bonds. The Balaban J connectivity index is 1.63. The Morgan fingerprint density at radius 1 is 1.25 bits per heavy atom. The lowest BCUT2D eigenvalue weighted by molar-refractivity contribution is 0.0259. The highest BCUT2D eigenvalue weighted by molar-refractivity contribution is 6.32. The number of hydrogen-bond acceptors (Lipinski definition) is 6. The normalized spacial score (nSPS) is 21.1. The van der Waals surface area contributed by atoms with E-state index in [1.165, 1.54) is 0 Å². The van der Waals surface area contributed by atoms with Gasteiger partial charge in [-0.3, -0.25) is 0 Å². The van der Waals surface area contributed by atoms with Crippen molar-refractivity contribution in [2.45, 2.75) is 51.7 Å². The summed E-state index contributed by atoms with van der Waals surface area (Å²) in [5, 5.41) is 19.8. The van der Waals surface area contributed by atoms with Crippen molar-refractivity contribution in [3.05, 3.63) is 40.3 Å². The first-order valence-corrected chi connectivity index (χ1v) is 11.7. The molecule has 3 unspecified atom stereocenters. The van der Waals surface area contributed by atoms with Gasteiger partial charge in [-0.05, 0) is 70.3 Å². The Morgan fingerprint density at radius 3 is 2.69 bits per heavy atom. The van der Waals surface area contributed by atoms with E-state index in [9.17, 15) is 5.11 Å². The van der Waals surface area contributed by atoms with Gasteiger partial charge in [-0.2, -0.15) is 5.10 Å². The van der Waals surface area contributed by atoms with Crippen LogP contribution >= 0.6 is 23.2 Å². The van der Waals surface area contributed by atoms with Crippen LogP contribution in [0.25, 0.3) is 10.9 Å². The van der Waals surface area contributed by atoms with Gasteiger partial charge in [0, 0.05) is 23.2 Å². The predicted molar refractivity (Wildman–Crippen MR) is 130 cm³/mol. The summed E-state index contributed by atoms with van der Waals surface area (Å²) in [6.07, 6.45) is 4.45. The molecule has 1 saturated heterocycles. The highest BCUT2D eigenvalue weighted by Gasteiger charge is 2.28. The fourth-order valence-electron chi connectivity index (χ4n) is 4.35. The summed E-state index contributed by atoms with van der Waals surface area (Å²) in [7, 11) is 2.16. The van der Waals surface area contributed by atoms with Crippen LogP contribution in [0.2, 0.25) is 10.2 Å². The first-order chi connectivity index (χ1) is 15.0. The zero-order valence-electron chi connectivity index (χ0n) is 19.1. The lowest BCUT2D eigenvalue weighted by atomic mass is 9.81. The molecule has 1 aliphatic rings. The van der Waals surface area contributed by atoms with Crippen LogP contribution < -0.4 is 5.32 Å². The monoisotopic (exact) mass is 476 g/mol. The van der Waals surface area contributed by atoms with Crippen LogP contribution in [0.4, 0.5) is 11.6 Å². The largest absolute Gasteiger partial charge is 0.388 e. The molecule has 2 aromatic heterocycles. The molecular weight excluding hydrogens is 447 g/mol. The van der Waals surface area contributed by atoms with E-state index in [0.717, 1.165) is 41.0 Å². The third kappa shape index (κ3) is 4.57. The maximum Gasteiger partial charge on any atom is 0.227 e. The van der Waals surface area contributed by atoms with Gasteiger partial charge >= 0.3 is 0 Å². The fourth-order valence-corrected chi connectivity index (χ4v) is 4.95. The average molecular weight is 477 g/mol. The van der Waals surface area contributed by atoms with Crippen LogP contribution in [0, 0.1) is 5.92 Å².